The zero-order chi connectivity index (χ0) is 19.8. The summed E-state index contributed by atoms with van der Waals surface area (Å²) in [5, 5.41) is 5.74. The van der Waals surface area contributed by atoms with Crippen LogP contribution in [0.1, 0.15) is 34.3 Å². The van der Waals surface area contributed by atoms with E-state index in [9.17, 15) is 9.59 Å². The van der Waals surface area contributed by atoms with Crippen molar-refractivity contribution in [3.63, 3.8) is 0 Å². The van der Waals surface area contributed by atoms with Gasteiger partial charge in [-0.25, -0.2) is 0 Å². The second-order valence-corrected chi connectivity index (χ2v) is 6.79. The fraction of sp³-hybridized carbons (Fsp3) is 0.429. The van der Waals surface area contributed by atoms with Crippen molar-refractivity contribution in [2.45, 2.75) is 19.4 Å². The third-order valence-electron chi connectivity index (χ3n) is 4.74. The molecule has 1 aromatic carbocycles. The van der Waals surface area contributed by atoms with Gasteiger partial charge in [-0.05, 0) is 31.2 Å². The summed E-state index contributed by atoms with van der Waals surface area (Å²) in [6.07, 6.45) is 0.228. The Bertz CT molecular complexity index is 769. The SMILES string of the molecule is Cc1ccc(C(CNC(=O)CCNC(=O)c2ccccc2)N2CCOCC2)o1. The van der Waals surface area contributed by atoms with E-state index in [0.717, 1.165) is 24.6 Å². The van der Waals surface area contributed by atoms with Crippen LogP contribution in [0.2, 0.25) is 0 Å². The standard InChI is InChI=1S/C21H27N3O4/c1-16-7-8-19(28-16)18(24-11-13-27-14-12-24)15-23-20(25)9-10-22-21(26)17-5-3-2-4-6-17/h2-8,18H,9-15H2,1H3,(H,22,26)(H,23,25). The molecule has 7 nitrogen and oxygen atoms in total. The molecule has 0 spiro atoms. The minimum Gasteiger partial charge on any atom is -0.465 e. The largest absolute Gasteiger partial charge is 0.465 e. The highest BCUT2D eigenvalue weighted by atomic mass is 16.5. The van der Waals surface area contributed by atoms with Crippen molar-refractivity contribution in [1.29, 1.82) is 0 Å². The van der Waals surface area contributed by atoms with Crippen LogP contribution < -0.4 is 10.6 Å². The Hall–Kier alpha value is -2.64. The molecule has 150 valence electrons. The summed E-state index contributed by atoms with van der Waals surface area (Å²) in [5.74, 6) is 1.42. The Labute approximate surface area is 165 Å². The first-order chi connectivity index (χ1) is 13.6. The average Bonchev–Trinajstić information content (AvgIpc) is 3.15. The molecular weight excluding hydrogens is 358 g/mol. The molecule has 28 heavy (non-hydrogen) atoms. The minimum absolute atomic E-state index is 0.0274. The first-order valence-electron chi connectivity index (χ1n) is 9.61. The maximum absolute atomic E-state index is 12.2. The van der Waals surface area contributed by atoms with E-state index in [1.54, 1.807) is 12.1 Å². The van der Waals surface area contributed by atoms with Crippen LogP contribution >= 0.6 is 0 Å². The van der Waals surface area contributed by atoms with E-state index >= 15 is 0 Å². The summed E-state index contributed by atoms with van der Waals surface area (Å²) in [7, 11) is 0. The summed E-state index contributed by atoms with van der Waals surface area (Å²) in [6, 6.07) is 12.8. The number of hydrogen-bond donors (Lipinski definition) is 2. The Morgan fingerprint density at radius 3 is 2.50 bits per heavy atom. The van der Waals surface area contributed by atoms with Gasteiger partial charge in [0.1, 0.15) is 11.5 Å². The van der Waals surface area contributed by atoms with Gasteiger partial charge in [0.05, 0.1) is 19.3 Å². The number of carbonyl (C=O) groups is 2. The number of amides is 2. The second-order valence-electron chi connectivity index (χ2n) is 6.79. The smallest absolute Gasteiger partial charge is 0.251 e. The summed E-state index contributed by atoms with van der Waals surface area (Å²) < 4.78 is 11.2. The molecule has 1 aliphatic rings. The number of rotatable bonds is 8. The van der Waals surface area contributed by atoms with E-state index in [-0.39, 0.29) is 24.3 Å². The first kappa shape index (κ1) is 20.1. The predicted octanol–water partition coefficient (Wildman–Crippen LogP) is 1.90. The van der Waals surface area contributed by atoms with Gasteiger partial charge in [-0.15, -0.1) is 0 Å². The minimum atomic E-state index is -0.175. The van der Waals surface area contributed by atoms with Gasteiger partial charge in [0, 0.05) is 38.2 Å². The number of hydrogen-bond acceptors (Lipinski definition) is 5. The molecule has 1 atom stereocenters. The molecule has 0 saturated carbocycles. The topological polar surface area (TPSA) is 83.8 Å². The van der Waals surface area contributed by atoms with Crippen molar-refractivity contribution in [2.24, 2.45) is 0 Å². The van der Waals surface area contributed by atoms with Crippen molar-refractivity contribution < 1.29 is 18.7 Å². The van der Waals surface area contributed by atoms with Crippen molar-refractivity contribution in [3.8, 4) is 0 Å². The lowest BCUT2D eigenvalue weighted by Gasteiger charge is -2.33. The monoisotopic (exact) mass is 385 g/mol. The van der Waals surface area contributed by atoms with E-state index in [1.807, 2.05) is 37.3 Å². The molecule has 0 aliphatic carbocycles. The van der Waals surface area contributed by atoms with Crippen molar-refractivity contribution in [3.05, 3.63) is 59.5 Å². The first-order valence-corrected chi connectivity index (χ1v) is 9.61. The van der Waals surface area contributed by atoms with Gasteiger partial charge >= 0.3 is 0 Å². The van der Waals surface area contributed by atoms with Gasteiger partial charge in [-0.1, -0.05) is 18.2 Å². The second kappa shape index (κ2) is 10.1. The van der Waals surface area contributed by atoms with Crippen LogP contribution in [0.3, 0.4) is 0 Å². The Kier molecular flexibility index (Phi) is 7.22. The fourth-order valence-electron chi connectivity index (χ4n) is 3.21. The molecule has 2 amide bonds. The van der Waals surface area contributed by atoms with Crippen LogP contribution in [-0.4, -0.2) is 56.1 Å². The van der Waals surface area contributed by atoms with Crippen LogP contribution in [0.5, 0.6) is 0 Å². The Morgan fingerprint density at radius 2 is 1.82 bits per heavy atom. The van der Waals surface area contributed by atoms with E-state index < -0.39 is 0 Å². The highest BCUT2D eigenvalue weighted by Gasteiger charge is 2.25. The number of morpholine rings is 1. The quantitative estimate of drug-likeness (QED) is 0.725. The number of benzene rings is 1. The average molecular weight is 385 g/mol. The molecule has 1 saturated heterocycles. The molecule has 1 unspecified atom stereocenters. The predicted molar refractivity (Wildman–Crippen MR) is 105 cm³/mol. The number of ether oxygens (including phenoxy) is 1. The molecular formula is C21H27N3O4. The van der Waals surface area contributed by atoms with Gasteiger partial charge in [0.15, 0.2) is 0 Å². The van der Waals surface area contributed by atoms with Crippen molar-refractivity contribution >= 4 is 11.8 Å². The highest BCUT2D eigenvalue weighted by Crippen LogP contribution is 2.23. The zero-order valence-corrected chi connectivity index (χ0v) is 16.1. The molecule has 7 heteroatoms. The van der Waals surface area contributed by atoms with Crippen molar-refractivity contribution in [2.75, 3.05) is 39.4 Å². The van der Waals surface area contributed by atoms with E-state index in [2.05, 4.69) is 15.5 Å². The molecule has 1 aromatic heterocycles. The van der Waals surface area contributed by atoms with Crippen LogP contribution in [0.4, 0.5) is 0 Å². The number of aryl methyl sites for hydroxylation is 1. The molecule has 3 rings (SSSR count). The van der Waals surface area contributed by atoms with Crippen LogP contribution in [-0.2, 0) is 9.53 Å². The molecule has 1 aliphatic heterocycles. The van der Waals surface area contributed by atoms with Gasteiger partial charge < -0.3 is 19.8 Å². The van der Waals surface area contributed by atoms with Gasteiger partial charge in [0.25, 0.3) is 5.91 Å². The lowest BCUT2D eigenvalue weighted by molar-refractivity contribution is -0.121. The lowest BCUT2D eigenvalue weighted by Crippen LogP contribution is -2.44. The third kappa shape index (κ3) is 5.68. The summed E-state index contributed by atoms with van der Waals surface area (Å²) in [4.78, 5) is 26.5. The van der Waals surface area contributed by atoms with Crippen LogP contribution in [0.15, 0.2) is 46.9 Å². The van der Waals surface area contributed by atoms with Gasteiger partial charge in [-0.2, -0.15) is 0 Å². The van der Waals surface area contributed by atoms with E-state index in [0.29, 0.717) is 31.9 Å². The molecule has 0 radical (unpaired) electrons. The molecule has 1 fully saturated rings. The highest BCUT2D eigenvalue weighted by molar-refractivity contribution is 5.94. The number of nitrogens with one attached hydrogen (secondary N) is 2. The maximum atomic E-state index is 12.2. The Morgan fingerprint density at radius 1 is 1.07 bits per heavy atom. The van der Waals surface area contributed by atoms with Crippen LogP contribution in [0.25, 0.3) is 0 Å². The summed E-state index contributed by atoms with van der Waals surface area (Å²) >= 11 is 0. The molecule has 0 bridgehead atoms. The third-order valence-corrected chi connectivity index (χ3v) is 4.74. The maximum Gasteiger partial charge on any atom is 0.251 e. The number of carbonyl (C=O) groups excluding carboxylic acids is 2. The van der Waals surface area contributed by atoms with E-state index in [4.69, 9.17) is 9.15 Å². The molecule has 2 heterocycles. The van der Waals surface area contributed by atoms with Crippen molar-refractivity contribution in [1.82, 2.24) is 15.5 Å². The van der Waals surface area contributed by atoms with E-state index in [1.165, 1.54) is 0 Å². The van der Waals surface area contributed by atoms with Gasteiger partial charge in [-0.3, -0.25) is 14.5 Å². The fourth-order valence-corrected chi connectivity index (χ4v) is 3.21. The number of nitrogens with zero attached hydrogens (tertiary/aromatic N) is 1. The Balaban J connectivity index is 1.47. The number of furan rings is 1. The lowest BCUT2D eigenvalue weighted by atomic mass is 10.1. The molecule has 2 N–H and O–H groups in total. The normalized spacial score (nSPS) is 15.8. The van der Waals surface area contributed by atoms with Gasteiger partial charge in [0.2, 0.25) is 5.91 Å². The zero-order valence-electron chi connectivity index (χ0n) is 16.1. The summed E-state index contributed by atoms with van der Waals surface area (Å²) in [6.45, 7) is 5.61. The summed E-state index contributed by atoms with van der Waals surface area (Å²) in [5.41, 5.74) is 0.587. The van der Waals surface area contributed by atoms with Crippen LogP contribution in [0, 0.1) is 6.92 Å². The molecule has 2 aromatic rings.